The quantitative estimate of drug-likeness (QED) is 0.116. The van der Waals surface area contributed by atoms with Gasteiger partial charge in [-0.2, -0.15) is 0 Å². The summed E-state index contributed by atoms with van der Waals surface area (Å²) in [5, 5.41) is 37.3. The standard InChI is InChI=1S/C12H13NO3.C9H9NO4.C4H9N.C4H8O.CH4O/c1-3-8-13-12(15)10-6-4-5-7-11(10)16-9(2)14;11-7-4-2-1-3-6(7)9(14)10-5-8(12)13;2*1-2-3-4-5;1-2/h3-7H,1,8H2,2H3,(H,13,15);1-4,11H,5H2,(H,10,14)(H,12,13);2H,1,3-5H2;2,5H,1,3-4H2;2H,1H3. The van der Waals surface area contributed by atoms with Crippen LogP contribution in [0.5, 0.6) is 11.5 Å². The van der Waals surface area contributed by atoms with Crippen LogP contribution < -0.4 is 21.1 Å². The molecule has 2 aromatic carbocycles. The zero-order chi connectivity index (χ0) is 32.8. The minimum atomic E-state index is -1.13. The van der Waals surface area contributed by atoms with Gasteiger partial charge in [0, 0.05) is 27.2 Å². The third kappa shape index (κ3) is 23.1. The van der Waals surface area contributed by atoms with Gasteiger partial charge >= 0.3 is 11.9 Å². The van der Waals surface area contributed by atoms with E-state index in [1.165, 1.54) is 19.1 Å². The summed E-state index contributed by atoms with van der Waals surface area (Å²) in [6.07, 6.45) is 6.70. The zero-order valence-electron chi connectivity index (χ0n) is 24.1. The number of phenolic OH excluding ortho intramolecular Hbond substituents is 1. The largest absolute Gasteiger partial charge is 0.507 e. The van der Waals surface area contributed by atoms with E-state index < -0.39 is 24.4 Å². The molecule has 232 valence electrons. The number of ether oxygens (including phenoxy) is 1. The van der Waals surface area contributed by atoms with E-state index in [9.17, 15) is 24.3 Å². The monoisotopic (exact) mass is 589 g/mol. The third-order valence-electron chi connectivity index (χ3n) is 4.05. The Labute approximate surface area is 246 Å². The Morgan fingerprint density at radius 3 is 1.79 bits per heavy atom. The van der Waals surface area contributed by atoms with Gasteiger partial charge in [-0.05, 0) is 43.7 Å². The number of phenols is 1. The van der Waals surface area contributed by atoms with Crippen LogP contribution in [-0.2, 0) is 9.59 Å². The fraction of sp³-hybridized carbons (Fsp3) is 0.267. The highest BCUT2D eigenvalue weighted by Gasteiger charge is 2.12. The number of carbonyl (C=O) groups is 4. The van der Waals surface area contributed by atoms with Gasteiger partial charge in [-0.1, -0.05) is 42.5 Å². The molecule has 0 spiro atoms. The number of aliphatic carboxylic acids is 1. The van der Waals surface area contributed by atoms with Crippen LogP contribution in [0.25, 0.3) is 0 Å². The summed E-state index contributed by atoms with van der Waals surface area (Å²) in [6, 6.07) is 12.5. The van der Waals surface area contributed by atoms with E-state index in [0.717, 1.165) is 20.1 Å². The third-order valence-corrected chi connectivity index (χ3v) is 4.05. The molecule has 0 aliphatic heterocycles. The van der Waals surface area contributed by atoms with Crippen molar-refractivity contribution in [2.75, 3.05) is 33.4 Å². The molecule has 12 heteroatoms. The summed E-state index contributed by atoms with van der Waals surface area (Å²) >= 11 is 0. The number of hydrogen-bond acceptors (Lipinski definition) is 9. The minimum absolute atomic E-state index is 0.0637. The number of hydrogen-bond donors (Lipinski definition) is 7. The Morgan fingerprint density at radius 2 is 1.38 bits per heavy atom. The van der Waals surface area contributed by atoms with Crippen LogP contribution in [0.2, 0.25) is 0 Å². The molecule has 0 saturated heterocycles. The van der Waals surface area contributed by atoms with Gasteiger partial charge in [-0.25, -0.2) is 0 Å². The summed E-state index contributed by atoms with van der Waals surface area (Å²) < 4.78 is 4.92. The highest BCUT2D eigenvalue weighted by Crippen LogP contribution is 2.18. The average Bonchev–Trinajstić information content (AvgIpc) is 2.98. The number of benzene rings is 2. The number of rotatable bonds is 11. The first kappa shape index (κ1) is 41.7. The van der Waals surface area contributed by atoms with Crippen molar-refractivity contribution in [1.82, 2.24) is 10.6 Å². The molecule has 0 radical (unpaired) electrons. The number of carboxylic acid groups (broad SMARTS) is 1. The Bertz CT molecular complexity index is 1080. The summed E-state index contributed by atoms with van der Waals surface area (Å²) in [4.78, 5) is 43.9. The maximum Gasteiger partial charge on any atom is 0.322 e. The van der Waals surface area contributed by atoms with Crippen LogP contribution >= 0.6 is 0 Å². The summed E-state index contributed by atoms with van der Waals surface area (Å²) in [5.74, 6) is -2.40. The Hall–Kier alpha value is -4.78. The Balaban J connectivity index is -0.000000529. The Kier molecular flexibility index (Phi) is 29.0. The first-order valence-corrected chi connectivity index (χ1v) is 12.5. The molecule has 2 aromatic rings. The molecule has 0 atom stereocenters. The van der Waals surface area contributed by atoms with Crippen molar-refractivity contribution in [2.24, 2.45) is 5.73 Å². The van der Waals surface area contributed by atoms with Crippen molar-refractivity contribution in [1.29, 1.82) is 0 Å². The second kappa shape index (κ2) is 29.2. The van der Waals surface area contributed by atoms with Crippen molar-refractivity contribution in [3.63, 3.8) is 0 Å². The lowest BCUT2D eigenvalue weighted by molar-refractivity contribution is -0.136. The second-order valence-corrected chi connectivity index (χ2v) is 7.35. The highest BCUT2D eigenvalue weighted by molar-refractivity contribution is 5.98. The molecule has 8 N–H and O–H groups in total. The van der Waals surface area contributed by atoms with Crippen LogP contribution in [-0.4, -0.2) is 77.5 Å². The normalized spacial score (nSPS) is 8.60. The van der Waals surface area contributed by atoms with Crippen LogP contribution in [0, 0.1) is 0 Å². The summed E-state index contributed by atoms with van der Waals surface area (Å²) in [5.41, 5.74) is 5.46. The number of esters is 1. The molecule has 2 rings (SSSR count). The molecule has 0 unspecified atom stereocenters. The topological polar surface area (TPSA) is 209 Å². The average molecular weight is 590 g/mol. The minimum Gasteiger partial charge on any atom is -0.507 e. The summed E-state index contributed by atoms with van der Waals surface area (Å²) in [6.45, 7) is 12.5. The van der Waals surface area contributed by atoms with E-state index in [0.29, 0.717) is 18.5 Å². The van der Waals surface area contributed by atoms with Crippen molar-refractivity contribution >= 4 is 23.8 Å². The van der Waals surface area contributed by atoms with Gasteiger partial charge in [0.2, 0.25) is 0 Å². The molecule has 0 aromatic heterocycles. The fourth-order valence-electron chi connectivity index (χ4n) is 2.28. The van der Waals surface area contributed by atoms with Gasteiger partial charge in [-0.15, -0.1) is 19.7 Å². The molecule has 2 amide bonds. The first-order chi connectivity index (χ1) is 20.1. The van der Waals surface area contributed by atoms with Crippen LogP contribution in [0.15, 0.2) is 86.5 Å². The van der Waals surface area contributed by atoms with Gasteiger partial charge < -0.3 is 41.5 Å². The van der Waals surface area contributed by atoms with E-state index in [4.69, 9.17) is 25.8 Å². The van der Waals surface area contributed by atoms with Crippen molar-refractivity contribution < 1.29 is 44.3 Å². The van der Waals surface area contributed by atoms with E-state index in [-0.39, 0.29) is 29.6 Å². The van der Waals surface area contributed by atoms with Crippen molar-refractivity contribution in [2.45, 2.75) is 19.8 Å². The molecule has 0 saturated carbocycles. The summed E-state index contributed by atoms with van der Waals surface area (Å²) in [7, 11) is 1.00. The highest BCUT2D eigenvalue weighted by atomic mass is 16.5. The van der Waals surface area contributed by atoms with Gasteiger partial charge in [0.1, 0.15) is 18.0 Å². The van der Waals surface area contributed by atoms with E-state index in [1.807, 2.05) is 0 Å². The van der Waals surface area contributed by atoms with Crippen LogP contribution in [0.3, 0.4) is 0 Å². The predicted octanol–water partition coefficient (Wildman–Crippen LogP) is 2.42. The van der Waals surface area contributed by atoms with E-state index >= 15 is 0 Å². The first-order valence-electron chi connectivity index (χ1n) is 12.5. The maximum atomic E-state index is 11.7. The van der Waals surface area contributed by atoms with Crippen molar-refractivity contribution in [3.8, 4) is 11.5 Å². The zero-order valence-corrected chi connectivity index (χ0v) is 24.1. The number of aliphatic hydroxyl groups excluding tert-OH is 2. The van der Waals surface area contributed by atoms with Crippen LogP contribution in [0.4, 0.5) is 0 Å². The number of para-hydroxylation sites is 2. The molecular formula is C30H43N3O9. The predicted molar refractivity (Wildman–Crippen MR) is 162 cm³/mol. The fourth-order valence-corrected chi connectivity index (χ4v) is 2.28. The smallest absolute Gasteiger partial charge is 0.322 e. The number of aromatic hydroxyl groups is 1. The Morgan fingerprint density at radius 1 is 0.857 bits per heavy atom. The number of carbonyl (C=O) groups excluding carboxylic acids is 3. The number of nitrogens with two attached hydrogens (primary N) is 1. The lowest BCUT2D eigenvalue weighted by atomic mass is 10.2. The molecule has 0 bridgehead atoms. The van der Waals surface area contributed by atoms with Crippen LogP contribution in [0.1, 0.15) is 40.5 Å². The second-order valence-electron chi connectivity index (χ2n) is 7.35. The van der Waals surface area contributed by atoms with Gasteiger partial charge in [0.25, 0.3) is 11.8 Å². The van der Waals surface area contributed by atoms with Gasteiger partial charge in [0.15, 0.2) is 0 Å². The lowest BCUT2D eigenvalue weighted by Gasteiger charge is -2.07. The molecule has 0 fully saturated rings. The number of aliphatic hydroxyl groups is 2. The van der Waals surface area contributed by atoms with E-state index in [2.05, 4.69) is 30.4 Å². The van der Waals surface area contributed by atoms with Gasteiger partial charge in [0.05, 0.1) is 11.1 Å². The number of carboxylic acids is 1. The number of amides is 2. The van der Waals surface area contributed by atoms with E-state index in [1.54, 1.807) is 54.6 Å². The number of nitrogens with one attached hydrogen (secondary N) is 2. The SMILES string of the molecule is C=CCCN.C=CCCO.C=CCNC(=O)c1ccccc1OC(C)=O.CO.O=C(O)CNC(=O)c1ccccc1O. The molecule has 0 aliphatic carbocycles. The molecular weight excluding hydrogens is 546 g/mol. The molecule has 0 aliphatic rings. The maximum absolute atomic E-state index is 11.7. The van der Waals surface area contributed by atoms with Gasteiger partial charge in [-0.3, -0.25) is 19.2 Å². The molecule has 12 nitrogen and oxygen atoms in total. The lowest BCUT2D eigenvalue weighted by Crippen LogP contribution is -2.29. The molecule has 0 heterocycles. The molecule has 42 heavy (non-hydrogen) atoms. The van der Waals surface area contributed by atoms with Crippen molar-refractivity contribution in [3.05, 3.63) is 97.6 Å².